The molecule has 0 fully saturated rings. The van der Waals surface area contributed by atoms with E-state index < -0.39 is 140 Å². The van der Waals surface area contributed by atoms with Gasteiger partial charge in [0, 0.05) is 67.0 Å². The fraction of sp³-hybridized carbons (Fsp3) is 0.720. The summed E-state index contributed by atoms with van der Waals surface area (Å²) in [5.41, 5.74) is 28.3. The van der Waals surface area contributed by atoms with E-state index in [4.69, 9.17) is 82.5 Å². The van der Waals surface area contributed by atoms with Gasteiger partial charge in [0.1, 0.15) is 50.3 Å². The third-order valence-electron chi connectivity index (χ3n) is 11.9. The van der Waals surface area contributed by atoms with Gasteiger partial charge >= 0.3 is 11.9 Å². The summed E-state index contributed by atoms with van der Waals surface area (Å²) in [7, 11) is 3.49. The largest absolute Gasteiger partial charge is 0.479 e. The van der Waals surface area contributed by atoms with Crippen LogP contribution in [0.25, 0.3) is 0 Å². The van der Waals surface area contributed by atoms with Crippen molar-refractivity contribution < 1.29 is 102 Å². The zero-order valence-electron chi connectivity index (χ0n) is 47.7. The van der Waals surface area contributed by atoms with Crippen LogP contribution in [0.5, 0.6) is 0 Å². The number of carbonyl (C=O) groups is 5. The van der Waals surface area contributed by atoms with Crippen molar-refractivity contribution >= 4 is 47.5 Å². The number of amides is 3. The van der Waals surface area contributed by atoms with Crippen molar-refractivity contribution in [2.24, 2.45) is 43.6 Å². The molecule has 0 aliphatic carbocycles. The minimum atomic E-state index is -1.71. The number of hydrogen-bond acceptors (Lipinski definition) is 23. The first-order chi connectivity index (χ1) is 40.2. The maximum absolute atomic E-state index is 12.9. The number of nitrogens with zero attached hydrogens (tertiary/aromatic N) is 5. The molecule has 10 atom stereocenters. The van der Waals surface area contributed by atoms with Gasteiger partial charge in [-0.2, -0.15) is 0 Å². The highest BCUT2D eigenvalue weighted by atomic mass is 16.6. The van der Waals surface area contributed by atoms with Gasteiger partial charge in [0.2, 0.25) is 29.2 Å². The summed E-state index contributed by atoms with van der Waals surface area (Å²) in [5.74, 6) is -3.88. The highest BCUT2D eigenvalue weighted by Gasteiger charge is 2.46. The quantitative estimate of drug-likeness (QED) is 0.0117. The second-order valence-electron chi connectivity index (χ2n) is 18.4. The smallest absolute Gasteiger partial charge is 0.370 e. The number of rotatable bonds is 44. The Morgan fingerprint density at radius 2 is 1.11 bits per heavy atom. The second-order valence-corrected chi connectivity index (χ2v) is 18.4. The van der Waals surface area contributed by atoms with Crippen LogP contribution in [-0.4, -0.2) is 301 Å². The van der Waals surface area contributed by atoms with Crippen LogP contribution < -0.4 is 44.6 Å². The molecule has 2 aliphatic heterocycles. The van der Waals surface area contributed by atoms with Crippen LogP contribution in [0.1, 0.15) is 19.8 Å². The highest BCUT2D eigenvalue weighted by Crippen LogP contribution is 2.27. The molecule has 0 unspecified atom stereocenters. The molecule has 0 aromatic carbocycles. The van der Waals surface area contributed by atoms with Crippen LogP contribution >= 0.6 is 0 Å². The molecule has 0 aromatic rings. The number of hydrogen-bond donors (Lipinski definition) is 14. The highest BCUT2D eigenvalue weighted by molar-refractivity contribution is 5.86. The first kappa shape index (κ1) is 73.4. The number of likely N-dealkylation sites (N-methyl/N-ethyl adjacent to an activating group) is 1. The fourth-order valence-corrected chi connectivity index (χ4v) is 8.04. The number of aliphatic hydroxyl groups excluding tert-OH is 4. The van der Waals surface area contributed by atoms with E-state index in [0.29, 0.717) is 84.7 Å². The molecule has 0 radical (unpaired) electrons. The molecule has 0 saturated carbocycles. The minimum absolute atomic E-state index is 0.132. The van der Waals surface area contributed by atoms with Crippen molar-refractivity contribution in [1.29, 1.82) is 0 Å². The van der Waals surface area contributed by atoms with Crippen LogP contribution in [0.4, 0.5) is 0 Å². The topological polar surface area (TPSA) is 509 Å². The lowest BCUT2D eigenvalue weighted by molar-refractivity contribution is -0.158. The van der Waals surface area contributed by atoms with E-state index in [1.165, 1.54) is 6.92 Å². The van der Waals surface area contributed by atoms with E-state index in [2.05, 4.69) is 36.8 Å². The van der Waals surface area contributed by atoms with E-state index in [1.807, 2.05) is 16.8 Å². The third-order valence-corrected chi connectivity index (χ3v) is 11.9. The van der Waals surface area contributed by atoms with Gasteiger partial charge in [0.25, 0.3) is 0 Å². The van der Waals surface area contributed by atoms with Crippen molar-refractivity contribution in [3.8, 4) is 12.3 Å². The zero-order chi connectivity index (χ0) is 62.4. The molecule has 0 aromatic heterocycles. The lowest BCUT2D eigenvalue weighted by atomic mass is 9.92. The number of nitrogens with two attached hydrogens (primary N) is 5. The fourth-order valence-electron chi connectivity index (χ4n) is 8.04. The van der Waals surface area contributed by atoms with Crippen molar-refractivity contribution in [3.63, 3.8) is 0 Å². The normalized spacial score (nSPS) is 20.0. The SMILES string of the molecule is C#CCOCCOCCOCCOCCN(C)C(=NC)N(CCOCCCNC(=O)CO[C@@H]([C@@H]1OC(C(=O)O)=C[C@H](N=C(N)N)[C@H]1N)[C@H](O)CO)CCOCCCNC(=O)CO[C@@H]([C@@H]1OC(C(=O)O)=C[C@H](N=C(N)N)[C@H]1NC(C)=O)[C@H](O)CO. The first-order valence-corrected chi connectivity index (χ1v) is 26.8. The van der Waals surface area contributed by atoms with E-state index in [1.54, 1.807) is 7.05 Å². The van der Waals surface area contributed by atoms with E-state index in [0.717, 1.165) is 12.2 Å². The third kappa shape index (κ3) is 28.7. The van der Waals surface area contributed by atoms with Gasteiger partial charge in [0.15, 0.2) is 24.0 Å². The summed E-state index contributed by atoms with van der Waals surface area (Å²) in [6.07, 6.45) is -1.23. The molecule has 2 aliphatic rings. The van der Waals surface area contributed by atoms with Gasteiger partial charge < -0.3 is 132 Å². The summed E-state index contributed by atoms with van der Waals surface area (Å²) in [5, 5.41) is 68.0. The van der Waals surface area contributed by atoms with Gasteiger partial charge in [0.05, 0.1) is 96.8 Å². The Bertz CT molecular complexity index is 2180. The Kier molecular flexibility index (Phi) is 36.8. The number of carbonyl (C=O) groups excluding carboxylic acids is 3. The van der Waals surface area contributed by atoms with Gasteiger partial charge in [-0.25, -0.2) is 19.6 Å². The number of aliphatic carboxylic acids is 2. The van der Waals surface area contributed by atoms with Crippen molar-refractivity contribution in [2.75, 3.05) is 153 Å². The summed E-state index contributed by atoms with van der Waals surface area (Å²) < 4.78 is 56.1. The predicted octanol–water partition coefficient (Wildman–Crippen LogP) is -7.72. The van der Waals surface area contributed by atoms with Crippen molar-refractivity contribution in [3.05, 3.63) is 23.7 Å². The van der Waals surface area contributed by atoms with Gasteiger partial charge in [-0.1, -0.05) is 5.92 Å². The lowest BCUT2D eigenvalue weighted by Gasteiger charge is -2.40. The van der Waals surface area contributed by atoms with Gasteiger partial charge in [-0.05, 0) is 25.0 Å². The Labute approximate surface area is 486 Å². The number of carboxylic acids is 2. The van der Waals surface area contributed by atoms with E-state index in [-0.39, 0.29) is 46.1 Å². The predicted molar refractivity (Wildman–Crippen MR) is 298 cm³/mol. The van der Waals surface area contributed by atoms with Gasteiger partial charge in [-0.3, -0.25) is 19.4 Å². The number of ether oxygens (including phenoxy) is 10. The molecule has 0 saturated heterocycles. The lowest BCUT2D eigenvalue weighted by Crippen LogP contribution is -2.60. The number of terminal acetylenes is 1. The van der Waals surface area contributed by atoms with Crippen LogP contribution in [0.15, 0.2) is 38.6 Å². The van der Waals surface area contributed by atoms with Crippen LogP contribution in [0.2, 0.25) is 0 Å². The standard InChI is InChI=1S/C50H87N13O21/c1-5-13-75-19-21-79-23-24-80-22-20-78-16-10-62(4)50(56-3)63(11-17-76-14-6-8-57-38(69)29-81-42(34(67)27-64)44-40(51)32(60-48(52)53)25-36(83-44)46(71)72)12-18-77-15-7-9-58-39(70)30-82-43(35(68)28-65)45-41(59-31(2)66)33(61-49(54)55)26-37(84-45)47(73)74/h1,25-26,32-35,40-45,64-65,67-68H,6-24,27-30,51H2,2-4H3,(H,57,69)(H,58,70)(H,59,66)(H,71,72)(H,73,74)(H4,52,53,60)(H4,54,55,61)/t32-,33-,34+,35+,40+,41+,42+,43+,44+,45+/m0/s1. The molecule has 34 heteroatoms. The molecule has 84 heavy (non-hydrogen) atoms. The maximum Gasteiger partial charge on any atom is 0.370 e. The molecule has 3 amide bonds. The summed E-state index contributed by atoms with van der Waals surface area (Å²) in [4.78, 5) is 77.9. The van der Waals surface area contributed by atoms with Crippen LogP contribution in [0.3, 0.4) is 0 Å². The summed E-state index contributed by atoms with van der Waals surface area (Å²) >= 11 is 0. The number of aliphatic imine (C=N–C) groups is 3. The molecule has 0 bridgehead atoms. The number of aliphatic hydroxyl groups is 4. The molecule has 2 heterocycles. The molecular formula is C50H87N13O21. The molecule has 19 N–H and O–H groups in total. The number of carboxylic acid groups (broad SMARTS) is 2. The number of nitrogens with one attached hydrogen (secondary N) is 3. The maximum atomic E-state index is 12.9. The average molecular weight is 1210 g/mol. The molecule has 478 valence electrons. The van der Waals surface area contributed by atoms with Crippen molar-refractivity contribution in [1.82, 2.24) is 25.8 Å². The molecular weight excluding hydrogens is 1120 g/mol. The van der Waals surface area contributed by atoms with E-state index in [9.17, 15) is 54.6 Å². The summed E-state index contributed by atoms with van der Waals surface area (Å²) in [6.45, 7) is 3.34. The minimum Gasteiger partial charge on any atom is -0.479 e. The average Bonchev–Trinajstić information content (AvgIpc) is 2.15. The monoisotopic (exact) mass is 1210 g/mol. The van der Waals surface area contributed by atoms with Gasteiger partial charge in [-0.15, -0.1) is 6.42 Å². The van der Waals surface area contributed by atoms with E-state index >= 15 is 0 Å². The molecule has 0 spiro atoms. The van der Waals surface area contributed by atoms with Crippen LogP contribution in [-0.2, 0) is 71.3 Å². The molecule has 34 nitrogen and oxygen atoms in total. The Balaban J connectivity index is 1.96. The first-order valence-electron chi connectivity index (χ1n) is 26.8. The second kappa shape index (κ2) is 42.1. The number of guanidine groups is 3. The van der Waals surface area contributed by atoms with Crippen LogP contribution in [0, 0.1) is 12.3 Å². The Morgan fingerprint density at radius 3 is 1.56 bits per heavy atom. The van der Waals surface area contributed by atoms with Crippen molar-refractivity contribution in [2.45, 2.75) is 80.6 Å². The zero-order valence-corrected chi connectivity index (χ0v) is 47.7. The Morgan fingerprint density at radius 1 is 0.679 bits per heavy atom. The summed E-state index contributed by atoms with van der Waals surface area (Å²) in [6, 6.07) is -4.62. The molecule has 2 rings (SSSR count). The Hall–Kier alpha value is -6.72.